The second-order valence-corrected chi connectivity index (χ2v) is 6.88. The van der Waals surface area contributed by atoms with Gasteiger partial charge in [0.1, 0.15) is 0 Å². The third kappa shape index (κ3) is 2.48. The molecule has 2 aliphatic rings. The van der Waals surface area contributed by atoms with E-state index in [1.807, 2.05) is 16.8 Å². The summed E-state index contributed by atoms with van der Waals surface area (Å²) >= 11 is 0. The van der Waals surface area contributed by atoms with Gasteiger partial charge in [-0.2, -0.15) is 0 Å². The fourth-order valence-electron chi connectivity index (χ4n) is 4.43. The first kappa shape index (κ1) is 15.2. The Morgan fingerprint density at radius 1 is 1.29 bits per heavy atom. The number of hydrogen-bond acceptors (Lipinski definition) is 2. The summed E-state index contributed by atoms with van der Waals surface area (Å²) in [6.45, 7) is 2.26. The lowest BCUT2D eigenvalue weighted by atomic mass is 9.62. The van der Waals surface area contributed by atoms with Gasteiger partial charge in [-0.3, -0.25) is 0 Å². The molecule has 0 bridgehead atoms. The van der Waals surface area contributed by atoms with Crippen LogP contribution in [0.4, 0.5) is 4.79 Å². The molecule has 1 aromatic carbocycles. The van der Waals surface area contributed by atoms with Crippen molar-refractivity contribution in [3.8, 4) is 0 Å². The number of carbonyl (C=O) groups is 1. The average molecular weight is 324 g/mol. The molecule has 1 aromatic heterocycles. The van der Waals surface area contributed by atoms with Crippen molar-refractivity contribution in [1.29, 1.82) is 0 Å². The zero-order valence-electron chi connectivity index (χ0n) is 13.9. The molecule has 2 heterocycles. The Balaban J connectivity index is 1.47. The Hall–Kier alpha value is -2.30. The van der Waals surface area contributed by atoms with Crippen molar-refractivity contribution in [1.82, 2.24) is 19.8 Å². The van der Waals surface area contributed by atoms with Gasteiger partial charge in [0.2, 0.25) is 0 Å². The van der Waals surface area contributed by atoms with Crippen molar-refractivity contribution < 1.29 is 4.79 Å². The van der Waals surface area contributed by atoms with Crippen LogP contribution in [-0.2, 0) is 12.1 Å². The van der Waals surface area contributed by atoms with E-state index in [4.69, 9.17) is 0 Å². The van der Waals surface area contributed by atoms with Crippen LogP contribution in [0, 0.1) is 5.92 Å². The molecule has 5 heteroatoms. The van der Waals surface area contributed by atoms with E-state index in [-0.39, 0.29) is 11.6 Å². The summed E-state index contributed by atoms with van der Waals surface area (Å²) < 4.78 is 1.98. The predicted octanol–water partition coefficient (Wildman–Crippen LogP) is 2.99. The molecule has 24 heavy (non-hydrogen) atoms. The number of imidazole rings is 1. The molecule has 1 saturated heterocycles. The number of fused-ring (bicyclic) bond motifs is 1. The van der Waals surface area contributed by atoms with Gasteiger partial charge in [-0.1, -0.05) is 43.2 Å². The van der Waals surface area contributed by atoms with Crippen molar-refractivity contribution in [2.45, 2.75) is 37.8 Å². The molecule has 4 rings (SSSR count). The molecule has 0 spiro atoms. The quantitative estimate of drug-likeness (QED) is 0.940. The van der Waals surface area contributed by atoms with Gasteiger partial charge in [0.25, 0.3) is 0 Å². The first-order chi connectivity index (χ1) is 11.8. The third-order valence-electron chi connectivity index (χ3n) is 5.64. The van der Waals surface area contributed by atoms with Gasteiger partial charge < -0.3 is 14.8 Å². The summed E-state index contributed by atoms with van der Waals surface area (Å²) in [5.41, 5.74) is 1.21. The van der Waals surface area contributed by atoms with Gasteiger partial charge in [-0.05, 0) is 18.4 Å². The molecule has 2 aromatic rings. The van der Waals surface area contributed by atoms with Gasteiger partial charge in [0.05, 0.1) is 11.9 Å². The van der Waals surface area contributed by atoms with E-state index < -0.39 is 0 Å². The maximum absolute atomic E-state index is 12.8. The van der Waals surface area contributed by atoms with Crippen LogP contribution < -0.4 is 5.32 Å². The van der Waals surface area contributed by atoms with Gasteiger partial charge >= 0.3 is 6.03 Å². The van der Waals surface area contributed by atoms with Crippen molar-refractivity contribution in [2.24, 2.45) is 5.92 Å². The lowest BCUT2D eigenvalue weighted by molar-refractivity contribution is -0.0793. The topological polar surface area (TPSA) is 50.2 Å². The minimum atomic E-state index is -0.0847. The van der Waals surface area contributed by atoms with Crippen molar-refractivity contribution >= 4 is 6.03 Å². The number of aromatic nitrogens is 2. The summed E-state index contributed by atoms with van der Waals surface area (Å²) in [4.78, 5) is 18.9. The molecule has 0 unspecified atom stereocenters. The van der Waals surface area contributed by atoms with Crippen LogP contribution in [0.3, 0.4) is 0 Å². The monoisotopic (exact) mass is 324 g/mol. The number of hydrogen-bond donors (Lipinski definition) is 1. The number of rotatable bonds is 4. The number of amides is 2. The number of nitrogens with zero attached hydrogens (tertiary/aromatic N) is 3. The summed E-state index contributed by atoms with van der Waals surface area (Å²) in [5.74, 6) is 0.605. The molecule has 1 aliphatic carbocycles. The molecular weight excluding hydrogens is 300 g/mol. The van der Waals surface area contributed by atoms with E-state index >= 15 is 0 Å². The van der Waals surface area contributed by atoms with Crippen molar-refractivity contribution in [2.75, 3.05) is 13.1 Å². The van der Waals surface area contributed by atoms with Gasteiger partial charge in [-0.15, -0.1) is 0 Å². The number of benzene rings is 1. The summed E-state index contributed by atoms with van der Waals surface area (Å²) in [6, 6.07) is 10.7. The van der Waals surface area contributed by atoms with Crippen LogP contribution in [-0.4, -0.2) is 33.6 Å². The molecule has 2 atom stereocenters. The van der Waals surface area contributed by atoms with Crippen LogP contribution in [0.15, 0.2) is 49.1 Å². The lowest BCUT2D eigenvalue weighted by Gasteiger charge is -2.61. The molecule has 2 amide bonds. The van der Waals surface area contributed by atoms with Crippen LogP contribution in [0.1, 0.15) is 31.2 Å². The second kappa shape index (κ2) is 6.30. The lowest BCUT2D eigenvalue weighted by Crippen LogP contribution is -2.69. The molecule has 1 aliphatic heterocycles. The van der Waals surface area contributed by atoms with E-state index in [9.17, 15) is 4.79 Å². The summed E-state index contributed by atoms with van der Waals surface area (Å²) in [5, 5.41) is 3.09. The fraction of sp³-hybridized carbons (Fsp3) is 0.474. The number of carbonyl (C=O) groups excluding carboxylic acids is 1. The zero-order valence-corrected chi connectivity index (χ0v) is 13.9. The SMILES string of the molecule is O=C(NCCn1ccnc1)N1C[C@H]2CCCC[C@]21c1ccccc1. The molecule has 0 radical (unpaired) electrons. The Morgan fingerprint density at radius 3 is 2.92 bits per heavy atom. The van der Waals surface area contributed by atoms with Crippen molar-refractivity contribution in [3.05, 3.63) is 54.6 Å². The van der Waals surface area contributed by atoms with Crippen molar-refractivity contribution in [3.63, 3.8) is 0 Å². The van der Waals surface area contributed by atoms with E-state index in [1.54, 1.807) is 12.5 Å². The maximum Gasteiger partial charge on any atom is 0.318 e. The highest BCUT2D eigenvalue weighted by atomic mass is 16.2. The minimum Gasteiger partial charge on any atom is -0.336 e. The smallest absolute Gasteiger partial charge is 0.318 e. The highest BCUT2D eigenvalue weighted by Gasteiger charge is 2.56. The van der Waals surface area contributed by atoms with Crippen LogP contribution in [0.25, 0.3) is 0 Å². The highest BCUT2D eigenvalue weighted by Crippen LogP contribution is 2.53. The Morgan fingerprint density at radius 2 is 2.17 bits per heavy atom. The van der Waals surface area contributed by atoms with Gasteiger partial charge in [-0.25, -0.2) is 9.78 Å². The molecule has 5 nitrogen and oxygen atoms in total. The highest BCUT2D eigenvalue weighted by molar-refractivity contribution is 5.77. The third-order valence-corrected chi connectivity index (χ3v) is 5.64. The Kier molecular flexibility index (Phi) is 4.00. The Labute approximate surface area is 142 Å². The minimum absolute atomic E-state index is 0.0668. The zero-order chi connectivity index (χ0) is 16.4. The molecule has 2 fully saturated rings. The second-order valence-electron chi connectivity index (χ2n) is 6.88. The van der Waals surface area contributed by atoms with Gasteiger partial charge in [0.15, 0.2) is 0 Å². The van der Waals surface area contributed by atoms with E-state index in [0.717, 1.165) is 19.5 Å². The molecule has 126 valence electrons. The summed E-state index contributed by atoms with van der Waals surface area (Å²) in [7, 11) is 0. The van der Waals surface area contributed by atoms with Crippen LogP contribution >= 0.6 is 0 Å². The van der Waals surface area contributed by atoms with E-state index in [2.05, 4.69) is 39.5 Å². The largest absolute Gasteiger partial charge is 0.336 e. The van der Waals surface area contributed by atoms with Crippen LogP contribution in [0.5, 0.6) is 0 Å². The standard InChI is InChI=1S/C19H24N4O/c24-18(21-11-13-22-12-10-20-15-22)23-14-17-8-4-5-9-19(17,23)16-6-2-1-3-7-16/h1-3,6-7,10,12,15,17H,4-5,8-9,11,13-14H2,(H,21,24)/t17-,19+/m1/s1. The predicted molar refractivity (Wildman–Crippen MR) is 92.4 cm³/mol. The number of likely N-dealkylation sites (tertiary alicyclic amines) is 1. The summed E-state index contributed by atoms with van der Waals surface area (Å²) in [6.07, 6.45) is 10.2. The number of urea groups is 1. The van der Waals surface area contributed by atoms with Gasteiger partial charge in [0, 0.05) is 37.9 Å². The first-order valence-corrected chi connectivity index (χ1v) is 8.87. The molecule has 1 N–H and O–H groups in total. The fourth-order valence-corrected chi connectivity index (χ4v) is 4.43. The van der Waals surface area contributed by atoms with E-state index in [1.165, 1.54) is 24.8 Å². The normalized spacial score (nSPS) is 25.7. The molecular formula is C19H24N4O. The number of nitrogens with one attached hydrogen (secondary N) is 1. The Bertz CT molecular complexity index is 685. The molecule has 1 saturated carbocycles. The van der Waals surface area contributed by atoms with Crippen LogP contribution in [0.2, 0.25) is 0 Å². The maximum atomic E-state index is 12.8. The first-order valence-electron chi connectivity index (χ1n) is 8.87. The van der Waals surface area contributed by atoms with E-state index in [0.29, 0.717) is 12.5 Å². The average Bonchev–Trinajstić information content (AvgIpc) is 3.10.